The van der Waals surface area contributed by atoms with Crippen molar-refractivity contribution in [3.8, 4) is 0 Å². The van der Waals surface area contributed by atoms with Crippen LogP contribution >= 0.6 is 11.6 Å². The molecule has 0 aliphatic carbocycles. The fourth-order valence-electron chi connectivity index (χ4n) is 4.48. The molecule has 0 heterocycles. The first-order valence-corrected chi connectivity index (χ1v) is 15.6. The van der Waals surface area contributed by atoms with Gasteiger partial charge in [0.2, 0.25) is 21.8 Å². The molecule has 2 amide bonds. The second-order valence-corrected chi connectivity index (χ2v) is 12.6. The molecule has 214 valence electrons. The Morgan fingerprint density at radius 1 is 0.925 bits per heavy atom. The fourth-order valence-corrected chi connectivity index (χ4v) is 5.66. The Hall–Kier alpha value is -3.36. The van der Waals surface area contributed by atoms with Gasteiger partial charge in [-0.15, -0.1) is 0 Å². The van der Waals surface area contributed by atoms with Crippen LogP contribution in [0.2, 0.25) is 5.02 Å². The van der Waals surface area contributed by atoms with Gasteiger partial charge in [-0.05, 0) is 62.6 Å². The van der Waals surface area contributed by atoms with E-state index in [1.807, 2.05) is 75.4 Å². The van der Waals surface area contributed by atoms with Crippen LogP contribution in [0.1, 0.15) is 43.4 Å². The van der Waals surface area contributed by atoms with Crippen molar-refractivity contribution in [2.45, 2.75) is 58.7 Å². The number of halogens is 1. The highest BCUT2D eigenvalue weighted by Gasteiger charge is 2.31. The largest absolute Gasteiger partial charge is 0.352 e. The predicted molar refractivity (Wildman–Crippen MR) is 162 cm³/mol. The van der Waals surface area contributed by atoms with E-state index in [1.165, 1.54) is 4.31 Å². The van der Waals surface area contributed by atoms with Crippen molar-refractivity contribution < 1.29 is 18.0 Å². The fraction of sp³-hybridized carbons (Fsp3) is 0.355. The van der Waals surface area contributed by atoms with Crippen LogP contribution in [0.4, 0.5) is 5.69 Å². The van der Waals surface area contributed by atoms with Crippen molar-refractivity contribution in [2.75, 3.05) is 17.1 Å². The Bertz CT molecular complexity index is 1380. The van der Waals surface area contributed by atoms with Gasteiger partial charge in [0, 0.05) is 37.0 Å². The second-order valence-electron chi connectivity index (χ2n) is 10.3. The maximum absolute atomic E-state index is 13.8. The number of nitrogens with zero attached hydrogens (tertiary/aromatic N) is 2. The summed E-state index contributed by atoms with van der Waals surface area (Å²) in [7, 11) is -3.56. The second kappa shape index (κ2) is 14.3. The number of benzene rings is 3. The minimum Gasteiger partial charge on any atom is -0.352 e. The molecule has 0 fully saturated rings. The lowest BCUT2D eigenvalue weighted by Crippen LogP contribution is -2.51. The van der Waals surface area contributed by atoms with Gasteiger partial charge in [0.1, 0.15) is 6.04 Å². The number of hydrogen-bond acceptors (Lipinski definition) is 4. The molecular formula is C31H38ClN3O4S. The van der Waals surface area contributed by atoms with Crippen LogP contribution in [0.5, 0.6) is 0 Å². The third kappa shape index (κ3) is 9.38. The van der Waals surface area contributed by atoms with Crippen LogP contribution in [-0.2, 0) is 32.6 Å². The first-order valence-electron chi connectivity index (χ1n) is 13.4. The number of sulfonamides is 1. The Kier molecular flexibility index (Phi) is 11.2. The normalized spacial score (nSPS) is 12.2. The van der Waals surface area contributed by atoms with Crippen LogP contribution in [0.15, 0.2) is 78.9 Å². The van der Waals surface area contributed by atoms with Gasteiger partial charge in [-0.2, -0.15) is 0 Å². The zero-order chi connectivity index (χ0) is 29.3. The molecule has 0 saturated carbocycles. The molecule has 9 heteroatoms. The zero-order valence-electron chi connectivity index (χ0n) is 23.5. The summed E-state index contributed by atoms with van der Waals surface area (Å²) in [6, 6.07) is 23.2. The van der Waals surface area contributed by atoms with E-state index in [2.05, 4.69) is 5.32 Å². The maximum atomic E-state index is 13.8. The smallest absolute Gasteiger partial charge is 0.243 e. The Balaban J connectivity index is 1.87. The van der Waals surface area contributed by atoms with Gasteiger partial charge in [-0.3, -0.25) is 13.9 Å². The summed E-state index contributed by atoms with van der Waals surface area (Å²) in [4.78, 5) is 28.9. The van der Waals surface area contributed by atoms with Crippen molar-refractivity contribution in [1.29, 1.82) is 0 Å². The van der Waals surface area contributed by atoms with Gasteiger partial charge in [-0.1, -0.05) is 71.8 Å². The van der Waals surface area contributed by atoms with Crippen molar-refractivity contribution in [2.24, 2.45) is 0 Å². The first-order chi connectivity index (χ1) is 18.9. The summed E-state index contributed by atoms with van der Waals surface area (Å²) in [6.07, 6.45) is 1.85. The number of hydrogen-bond donors (Lipinski definition) is 1. The van der Waals surface area contributed by atoms with E-state index in [1.54, 1.807) is 29.2 Å². The summed E-state index contributed by atoms with van der Waals surface area (Å²) >= 11 is 6.23. The predicted octanol–water partition coefficient (Wildman–Crippen LogP) is 5.36. The highest BCUT2D eigenvalue weighted by atomic mass is 35.5. The van der Waals surface area contributed by atoms with E-state index < -0.39 is 16.1 Å². The van der Waals surface area contributed by atoms with E-state index in [9.17, 15) is 18.0 Å². The summed E-state index contributed by atoms with van der Waals surface area (Å²) in [5.74, 6) is -0.483. The average molecular weight is 584 g/mol. The Labute approximate surface area is 243 Å². The zero-order valence-corrected chi connectivity index (χ0v) is 25.1. The van der Waals surface area contributed by atoms with E-state index in [0.717, 1.165) is 22.9 Å². The number of amides is 2. The maximum Gasteiger partial charge on any atom is 0.243 e. The number of carbonyl (C=O) groups is 2. The molecule has 40 heavy (non-hydrogen) atoms. The highest BCUT2D eigenvalue weighted by molar-refractivity contribution is 7.92. The van der Waals surface area contributed by atoms with Crippen molar-refractivity contribution >= 4 is 39.1 Å². The first kappa shape index (κ1) is 31.2. The summed E-state index contributed by atoms with van der Waals surface area (Å²) in [5.41, 5.74) is 3.30. The molecule has 1 N–H and O–H groups in total. The molecule has 3 aromatic rings. The van der Waals surface area contributed by atoms with Crippen LogP contribution in [0.25, 0.3) is 0 Å². The van der Waals surface area contributed by atoms with Gasteiger partial charge in [0.05, 0.1) is 11.9 Å². The topological polar surface area (TPSA) is 86.8 Å². The number of aryl methyl sites for hydroxylation is 1. The van der Waals surface area contributed by atoms with E-state index in [0.29, 0.717) is 17.1 Å². The molecule has 0 unspecified atom stereocenters. The highest BCUT2D eigenvalue weighted by Crippen LogP contribution is 2.21. The monoisotopic (exact) mass is 583 g/mol. The SMILES string of the molecule is Cc1ccc(N(CCCC(=O)N(Cc2cccc(Cl)c2)[C@@H](Cc2ccccc2)C(=O)NC(C)C)S(C)(=O)=O)cc1. The van der Waals surface area contributed by atoms with Crippen molar-refractivity contribution in [3.63, 3.8) is 0 Å². The van der Waals surface area contributed by atoms with Crippen molar-refractivity contribution in [3.05, 3.63) is 101 Å². The van der Waals surface area contributed by atoms with Gasteiger partial charge in [0.15, 0.2) is 0 Å². The van der Waals surface area contributed by atoms with Gasteiger partial charge >= 0.3 is 0 Å². The van der Waals surface area contributed by atoms with Crippen LogP contribution in [-0.4, -0.2) is 50.0 Å². The van der Waals surface area contributed by atoms with E-state index >= 15 is 0 Å². The quantitative estimate of drug-likeness (QED) is 0.293. The van der Waals surface area contributed by atoms with E-state index in [-0.39, 0.29) is 43.8 Å². The van der Waals surface area contributed by atoms with Gasteiger partial charge in [0.25, 0.3) is 0 Å². The van der Waals surface area contributed by atoms with Crippen LogP contribution < -0.4 is 9.62 Å². The molecule has 0 aromatic heterocycles. The summed E-state index contributed by atoms with van der Waals surface area (Å²) in [6.45, 7) is 6.02. The molecule has 0 bridgehead atoms. The Morgan fingerprint density at radius 3 is 2.17 bits per heavy atom. The summed E-state index contributed by atoms with van der Waals surface area (Å²) in [5, 5.41) is 3.51. The number of anilines is 1. The van der Waals surface area contributed by atoms with Gasteiger partial charge < -0.3 is 10.2 Å². The third-order valence-electron chi connectivity index (χ3n) is 6.42. The lowest BCUT2D eigenvalue weighted by Gasteiger charge is -2.32. The molecule has 3 rings (SSSR count). The number of carbonyl (C=O) groups excluding carboxylic acids is 2. The molecular weight excluding hydrogens is 546 g/mol. The molecule has 7 nitrogen and oxygen atoms in total. The summed E-state index contributed by atoms with van der Waals surface area (Å²) < 4.78 is 26.4. The van der Waals surface area contributed by atoms with Crippen LogP contribution in [0.3, 0.4) is 0 Å². The minimum atomic E-state index is -3.56. The third-order valence-corrected chi connectivity index (χ3v) is 7.85. The average Bonchev–Trinajstić information content (AvgIpc) is 2.89. The molecule has 0 aliphatic heterocycles. The molecule has 3 aromatic carbocycles. The number of nitrogens with one attached hydrogen (secondary N) is 1. The molecule has 0 spiro atoms. The lowest BCUT2D eigenvalue weighted by atomic mass is 10.0. The van der Waals surface area contributed by atoms with E-state index in [4.69, 9.17) is 11.6 Å². The number of rotatable bonds is 13. The minimum absolute atomic E-state index is 0.0682. The van der Waals surface area contributed by atoms with Crippen LogP contribution in [0, 0.1) is 6.92 Å². The van der Waals surface area contributed by atoms with Crippen molar-refractivity contribution in [1.82, 2.24) is 10.2 Å². The molecule has 1 atom stereocenters. The molecule has 0 aliphatic rings. The standard InChI is InChI=1S/C31H38ClN3O4S/c1-23(2)33-31(37)29(21-25-10-6-5-7-11-25)34(22-26-12-8-13-27(32)20-26)30(36)14-9-19-35(40(4,38)39)28-17-15-24(3)16-18-28/h5-8,10-13,15-18,20,23,29H,9,14,19,21-22H2,1-4H3,(H,33,37)/t29-/m0/s1. The molecule has 0 radical (unpaired) electrons. The molecule has 0 saturated heterocycles. The lowest BCUT2D eigenvalue weighted by molar-refractivity contribution is -0.141. The van der Waals surface area contributed by atoms with Gasteiger partial charge in [-0.25, -0.2) is 8.42 Å². The Morgan fingerprint density at radius 2 is 1.57 bits per heavy atom.